The molecule has 0 aromatic heterocycles. The molecule has 0 saturated heterocycles. The van der Waals surface area contributed by atoms with E-state index in [1.165, 1.54) is 5.56 Å². The molecule has 0 aliphatic carbocycles. The smallest absolute Gasteiger partial charge is 0.234 e. The monoisotopic (exact) mass is 257 g/mol. The molecule has 1 amide bonds. The fourth-order valence-electron chi connectivity index (χ4n) is 1.55. The topological polar surface area (TPSA) is 29.1 Å². The van der Waals surface area contributed by atoms with Gasteiger partial charge in [-0.15, -0.1) is 11.8 Å². The molecule has 3 heteroatoms. The summed E-state index contributed by atoms with van der Waals surface area (Å²) in [6, 6.07) is 19.7. The number of hydrogen-bond acceptors (Lipinski definition) is 2. The summed E-state index contributed by atoms with van der Waals surface area (Å²) in [7, 11) is 0. The molecule has 18 heavy (non-hydrogen) atoms. The first-order valence-corrected chi connectivity index (χ1v) is 6.96. The van der Waals surface area contributed by atoms with Gasteiger partial charge in [-0.3, -0.25) is 4.79 Å². The zero-order chi connectivity index (χ0) is 12.6. The van der Waals surface area contributed by atoms with Gasteiger partial charge in [-0.05, 0) is 17.7 Å². The number of carbonyl (C=O) groups is 1. The van der Waals surface area contributed by atoms with Gasteiger partial charge in [0, 0.05) is 11.4 Å². The summed E-state index contributed by atoms with van der Waals surface area (Å²) in [5.41, 5.74) is 2.10. The first-order chi connectivity index (χ1) is 8.84. The largest absolute Gasteiger partial charge is 0.325 e. The maximum absolute atomic E-state index is 11.7. The van der Waals surface area contributed by atoms with Crippen LogP contribution in [0.15, 0.2) is 60.7 Å². The van der Waals surface area contributed by atoms with Crippen molar-refractivity contribution < 1.29 is 4.79 Å². The van der Waals surface area contributed by atoms with Crippen molar-refractivity contribution in [2.24, 2.45) is 0 Å². The Balaban J connectivity index is 1.73. The van der Waals surface area contributed by atoms with Crippen molar-refractivity contribution in [2.75, 3.05) is 11.1 Å². The fraction of sp³-hybridized carbons (Fsp3) is 0.133. The van der Waals surface area contributed by atoms with E-state index in [9.17, 15) is 4.79 Å². The number of hydrogen-bond donors (Lipinski definition) is 1. The molecule has 0 unspecified atom stereocenters. The van der Waals surface area contributed by atoms with Gasteiger partial charge in [0.05, 0.1) is 5.75 Å². The van der Waals surface area contributed by atoms with Crippen LogP contribution < -0.4 is 5.32 Å². The molecule has 2 nitrogen and oxygen atoms in total. The van der Waals surface area contributed by atoms with Crippen LogP contribution in [0.5, 0.6) is 0 Å². The molecular weight excluding hydrogens is 242 g/mol. The maximum Gasteiger partial charge on any atom is 0.234 e. The van der Waals surface area contributed by atoms with Gasteiger partial charge < -0.3 is 5.32 Å². The van der Waals surface area contributed by atoms with E-state index in [-0.39, 0.29) is 5.91 Å². The number of nitrogens with one attached hydrogen (secondary N) is 1. The van der Waals surface area contributed by atoms with Gasteiger partial charge in [-0.2, -0.15) is 0 Å². The van der Waals surface area contributed by atoms with Crippen LogP contribution in [-0.2, 0) is 10.5 Å². The zero-order valence-corrected chi connectivity index (χ0v) is 10.8. The normalized spacial score (nSPS) is 10.0. The molecule has 0 fully saturated rings. The van der Waals surface area contributed by atoms with Crippen molar-refractivity contribution in [3.8, 4) is 0 Å². The summed E-state index contributed by atoms with van der Waals surface area (Å²) < 4.78 is 0. The molecule has 2 aromatic rings. The highest BCUT2D eigenvalue weighted by atomic mass is 32.2. The van der Waals surface area contributed by atoms with Crippen LogP contribution >= 0.6 is 11.8 Å². The average Bonchev–Trinajstić information content (AvgIpc) is 2.41. The molecule has 1 N–H and O–H groups in total. The van der Waals surface area contributed by atoms with Gasteiger partial charge in [0.25, 0.3) is 0 Å². The van der Waals surface area contributed by atoms with Crippen LogP contribution in [0.3, 0.4) is 0 Å². The van der Waals surface area contributed by atoms with Gasteiger partial charge in [0.1, 0.15) is 0 Å². The summed E-state index contributed by atoms with van der Waals surface area (Å²) >= 11 is 1.62. The lowest BCUT2D eigenvalue weighted by molar-refractivity contribution is -0.113. The number of para-hydroxylation sites is 1. The van der Waals surface area contributed by atoms with Crippen molar-refractivity contribution in [3.05, 3.63) is 66.2 Å². The quantitative estimate of drug-likeness (QED) is 0.887. The Kier molecular flexibility index (Phi) is 4.85. The second-order valence-electron chi connectivity index (χ2n) is 3.89. The minimum atomic E-state index is 0.0436. The maximum atomic E-state index is 11.7. The van der Waals surface area contributed by atoms with Crippen LogP contribution in [0.2, 0.25) is 0 Å². The number of rotatable bonds is 5. The second-order valence-corrected chi connectivity index (χ2v) is 4.88. The van der Waals surface area contributed by atoms with E-state index in [2.05, 4.69) is 17.4 Å². The summed E-state index contributed by atoms with van der Waals surface area (Å²) in [5.74, 6) is 1.38. The highest BCUT2D eigenvalue weighted by Crippen LogP contribution is 2.12. The minimum Gasteiger partial charge on any atom is -0.325 e. The van der Waals surface area contributed by atoms with Crippen molar-refractivity contribution in [3.63, 3.8) is 0 Å². The predicted octanol–water partition coefficient (Wildman–Crippen LogP) is 3.56. The molecule has 0 aliphatic heterocycles. The van der Waals surface area contributed by atoms with Crippen molar-refractivity contribution in [1.82, 2.24) is 0 Å². The van der Waals surface area contributed by atoms with E-state index in [0.29, 0.717) is 5.75 Å². The molecule has 0 bridgehead atoms. The van der Waals surface area contributed by atoms with Crippen LogP contribution in [0.25, 0.3) is 0 Å². The number of amides is 1. The molecule has 0 atom stereocenters. The van der Waals surface area contributed by atoms with E-state index in [1.807, 2.05) is 48.5 Å². The lowest BCUT2D eigenvalue weighted by Crippen LogP contribution is -2.13. The Hall–Kier alpha value is -1.74. The number of benzene rings is 2. The molecule has 0 aliphatic rings. The Morgan fingerprint density at radius 3 is 2.22 bits per heavy atom. The third-order valence-corrected chi connectivity index (χ3v) is 3.41. The second kappa shape index (κ2) is 6.87. The van der Waals surface area contributed by atoms with Gasteiger partial charge >= 0.3 is 0 Å². The van der Waals surface area contributed by atoms with Gasteiger partial charge in [-0.1, -0.05) is 48.5 Å². The van der Waals surface area contributed by atoms with Crippen molar-refractivity contribution >= 4 is 23.4 Å². The first-order valence-electron chi connectivity index (χ1n) is 5.81. The SMILES string of the molecule is O=C(CSCc1ccccc1)Nc1ccccc1. The third-order valence-electron chi connectivity index (χ3n) is 2.40. The Morgan fingerprint density at radius 2 is 1.56 bits per heavy atom. The van der Waals surface area contributed by atoms with Crippen LogP contribution in [-0.4, -0.2) is 11.7 Å². The lowest BCUT2D eigenvalue weighted by atomic mass is 10.2. The van der Waals surface area contributed by atoms with Gasteiger partial charge in [0.2, 0.25) is 5.91 Å². The van der Waals surface area contributed by atoms with Gasteiger partial charge in [0.15, 0.2) is 0 Å². The van der Waals surface area contributed by atoms with E-state index in [0.717, 1.165) is 11.4 Å². The molecule has 0 saturated carbocycles. The standard InChI is InChI=1S/C15H15NOS/c17-15(16-14-9-5-2-6-10-14)12-18-11-13-7-3-1-4-8-13/h1-10H,11-12H2,(H,16,17). The van der Waals surface area contributed by atoms with E-state index < -0.39 is 0 Å². The van der Waals surface area contributed by atoms with Crippen LogP contribution in [0.1, 0.15) is 5.56 Å². The molecule has 92 valence electrons. The predicted molar refractivity (Wildman–Crippen MR) is 77.7 cm³/mol. The highest BCUT2D eigenvalue weighted by Gasteiger charge is 2.02. The summed E-state index contributed by atoms with van der Waals surface area (Å²) in [6.07, 6.45) is 0. The fourth-order valence-corrected chi connectivity index (χ4v) is 2.34. The van der Waals surface area contributed by atoms with Crippen LogP contribution in [0.4, 0.5) is 5.69 Å². The molecule has 2 aromatic carbocycles. The molecule has 0 radical (unpaired) electrons. The molecular formula is C15H15NOS. The molecule has 0 heterocycles. The number of thioether (sulfide) groups is 1. The van der Waals surface area contributed by atoms with E-state index in [4.69, 9.17) is 0 Å². The summed E-state index contributed by atoms with van der Waals surface area (Å²) in [5, 5.41) is 2.87. The first kappa shape index (κ1) is 12.7. The number of carbonyl (C=O) groups excluding carboxylic acids is 1. The highest BCUT2D eigenvalue weighted by molar-refractivity contribution is 7.99. The lowest BCUT2D eigenvalue weighted by Gasteiger charge is -2.04. The van der Waals surface area contributed by atoms with Crippen molar-refractivity contribution in [2.45, 2.75) is 5.75 Å². The Morgan fingerprint density at radius 1 is 0.944 bits per heavy atom. The Bertz CT molecular complexity index is 484. The van der Waals surface area contributed by atoms with Gasteiger partial charge in [-0.25, -0.2) is 0 Å². The minimum absolute atomic E-state index is 0.0436. The number of anilines is 1. The molecule has 0 spiro atoms. The third kappa shape index (κ3) is 4.26. The van der Waals surface area contributed by atoms with E-state index >= 15 is 0 Å². The summed E-state index contributed by atoms with van der Waals surface area (Å²) in [6.45, 7) is 0. The van der Waals surface area contributed by atoms with E-state index in [1.54, 1.807) is 11.8 Å². The Labute approximate surface area is 111 Å². The summed E-state index contributed by atoms with van der Waals surface area (Å²) in [4.78, 5) is 11.7. The average molecular weight is 257 g/mol. The zero-order valence-electron chi connectivity index (χ0n) is 10.0. The molecule has 2 rings (SSSR count). The van der Waals surface area contributed by atoms with Crippen LogP contribution in [0, 0.1) is 0 Å². The van der Waals surface area contributed by atoms with Crippen molar-refractivity contribution in [1.29, 1.82) is 0 Å².